The van der Waals surface area contributed by atoms with E-state index in [0.717, 1.165) is 18.8 Å². The molecule has 1 N–H and O–H groups in total. The number of nitrogens with one attached hydrogen (secondary N) is 1. The zero-order valence-electron chi connectivity index (χ0n) is 8.99. The molecule has 14 heavy (non-hydrogen) atoms. The van der Waals surface area contributed by atoms with Gasteiger partial charge in [0.25, 0.3) is 0 Å². The molecule has 4 heteroatoms. The fourth-order valence-electron chi connectivity index (χ4n) is 1.11. The van der Waals surface area contributed by atoms with E-state index in [1.54, 1.807) is 11.3 Å². The minimum absolute atomic E-state index is 0.311. The van der Waals surface area contributed by atoms with Gasteiger partial charge in [-0.3, -0.25) is 0 Å². The monoisotopic (exact) mass is 214 g/mol. The number of nitrogens with zero attached hydrogens (tertiary/aromatic N) is 1. The first kappa shape index (κ1) is 11.6. The molecule has 0 aliphatic heterocycles. The van der Waals surface area contributed by atoms with Crippen LogP contribution in [0, 0.1) is 0 Å². The molecule has 0 aliphatic rings. The Labute approximate surface area is 89.5 Å². The van der Waals surface area contributed by atoms with Crippen LogP contribution in [0.15, 0.2) is 10.9 Å². The molecule has 0 saturated carbocycles. The third-order valence-corrected chi connectivity index (χ3v) is 2.50. The fourth-order valence-corrected chi connectivity index (χ4v) is 1.76. The van der Waals surface area contributed by atoms with Crippen molar-refractivity contribution in [1.29, 1.82) is 0 Å². The summed E-state index contributed by atoms with van der Waals surface area (Å²) in [7, 11) is 0. The molecule has 1 atom stereocenters. The molecule has 1 unspecified atom stereocenters. The maximum Gasteiger partial charge on any atom is 0.0795 e. The first-order valence-electron chi connectivity index (χ1n) is 4.93. The lowest BCUT2D eigenvalue weighted by Gasteiger charge is -2.12. The summed E-state index contributed by atoms with van der Waals surface area (Å²) in [6.07, 6.45) is 0.311. The summed E-state index contributed by atoms with van der Waals surface area (Å²) in [5.41, 5.74) is 2.97. The Morgan fingerprint density at radius 3 is 2.86 bits per heavy atom. The van der Waals surface area contributed by atoms with Crippen molar-refractivity contribution in [3.63, 3.8) is 0 Å². The molecule has 0 saturated heterocycles. The van der Waals surface area contributed by atoms with Crippen LogP contribution in [0.5, 0.6) is 0 Å². The second-order valence-electron chi connectivity index (χ2n) is 3.51. The smallest absolute Gasteiger partial charge is 0.0795 e. The van der Waals surface area contributed by atoms with Crippen LogP contribution in [-0.4, -0.2) is 24.2 Å². The summed E-state index contributed by atoms with van der Waals surface area (Å²) >= 11 is 1.63. The summed E-state index contributed by atoms with van der Waals surface area (Å²) < 4.78 is 5.43. The second-order valence-corrected chi connectivity index (χ2v) is 4.23. The quantitative estimate of drug-likeness (QED) is 0.737. The Morgan fingerprint density at radius 2 is 2.29 bits per heavy atom. The lowest BCUT2D eigenvalue weighted by atomic mass is 10.2. The highest BCUT2D eigenvalue weighted by Crippen LogP contribution is 2.10. The van der Waals surface area contributed by atoms with Crippen molar-refractivity contribution in [2.75, 3.05) is 13.2 Å². The molecule has 80 valence electrons. The zero-order valence-corrected chi connectivity index (χ0v) is 9.80. The molecule has 0 spiro atoms. The molecular formula is C10H18N2OS. The van der Waals surface area contributed by atoms with Gasteiger partial charge in [0.15, 0.2) is 0 Å². The predicted molar refractivity (Wildman–Crippen MR) is 59.6 cm³/mol. The Kier molecular flexibility index (Phi) is 5.07. The molecular weight excluding hydrogens is 196 g/mol. The molecule has 0 amide bonds. The van der Waals surface area contributed by atoms with Crippen molar-refractivity contribution >= 4 is 11.3 Å². The van der Waals surface area contributed by atoms with Crippen LogP contribution in [0.2, 0.25) is 0 Å². The van der Waals surface area contributed by atoms with E-state index in [1.165, 1.54) is 0 Å². The average molecular weight is 214 g/mol. The highest BCUT2D eigenvalue weighted by Gasteiger charge is 2.05. The van der Waals surface area contributed by atoms with E-state index in [-0.39, 0.29) is 0 Å². The average Bonchev–Trinajstić information content (AvgIpc) is 2.64. The number of thiazole rings is 1. The van der Waals surface area contributed by atoms with E-state index >= 15 is 0 Å². The maximum atomic E-state index is 5.43. The standard InChI is InChI=1S/C10H18N2OS/c1-8(2)13-5-4-11-9(3)10-6-14-7-12-10/h6-9,11H,4-5H2,1-3H3. The molecule has 1 rings (SSSR count). The molecule has 1 aromatic rings. The van der Waals surface area contributed by atoms with Crippen molar-refractivity contribution in [3.05, 3.63) is 16.6 Å². The summed E-state index contributed by atoms with van der Waals surface area (Å²) in [6, 6.07) is 0.317. The van der Waals surface area contributed by atoms with Crippen molar-refractivity contribution in [2.45, 2.75) is 32.9 Å². The molecule has 0 aromatic carbocycles. The maximum absolute atomic E-state index is 5.43. The van der Waals surface area contributed by atoms with E-state index in [4.69, 9.17) is 4.74 Å². The van der Waals surface area contributed by atoms with E-state index in [0.29, 0.717) is 12.1 Å². The molecule has 0 radical (unpaired) electrons. The minimum atomic E-state index is 0.311. The number of ether oxygens (including phenoxy) is 1. The van der Waals surface area contributed by atoms with Gasteiger partial charge in [-0.1, -0.05) is 0 Å². The van der Waals surface area contributed by atoms with E-state index in [9.17, 15) is 0 Å². The number of hydrogen-bond acceptors (Lipinski definition) is 4. The molecule has 0 aliphatic carbocycles. The van der Waals surface area contributed by atoms with Crippen molar-refractivity contribution in [3.8, 4) is 0 Å². The van der Waals surface area contributed by atoms with Crippen LogP contribution in [-0.2, 0) is 4.74 Å². The van der Waals surface area contributed by atoms with Gasteiger partial charge in [-0.05, 0) is 20.8 Å². The van der Waals surface area contributed by atoms with Crippen LogP contribution in [0.4, 0.5) is 0 Å². The van der Waals surface area contributed by atoms with Gasteiger partial charge in [-0.15, -0.1) is 11.3 Å². The highest BCUT2D eigenvalue weighted by molar-refractivity contribution is 7.07. The van der Waals surface area contributed by atoms with Crippen LogP contribution in [0.25, 0.3) is 0 Å². The SMILES string of the molecule is CC(C)OCCNC(C)c1cscn1. The fraction of sp³-hybridized carbons (Fsp3) is 0.700. The lowest BCUT2D eigenvalue weighted by Crippen LogP contribution is -2.24. The minimum Gasteiger partial charge on any atom is -0.377 e. The van der Waals surface area contributed by atoms with Crippen LogP contribution >= 0.6 is 11.3 Å². The van der Waals surface area contributed by atoms with Crippen LogP contribution in [0.3, 0.4) is 0 Å². The Bertz CT molecular complexity index is 236. The van der Waals surface area contributed by atoms with E-state index < -0.39 is 0 Å². The summed E-state index contributed by atoms with van der Waals surface area (Å²) in [5, 5.41) is 5.43. The topological polar surface area (TPSA) is 34.1 Å². The summed E-state index contributed by atoms with van der Waals surface area (Å²) in [5.74, 6) is 0. The third kappa shape index (κ3) is 4.17. The zero-order chi connectivity index (χ0) is 10.4. The largest absolute Gasteiger partial charge is 0.377 e. The van der Waals surface area contributed by atoms with Gasteiger partial charge in [0.1, 0.15) is 0 Å². The molecule has 3 nitrogen and oxygen atoms in total. The Hall–Kier alpha value is -0.450. The first-order valence-corrected chi connectivity index (χ1v) is 5.87. The van der Waals surface area contributed by atoms with Gasteiger partial charge in [0, 0.05) is 18.0 Å². The van der Waals surface area contributed by atoms with Gasteiger partial charge >= 0.3 is 0 Å². The van der Waals surface area contributed by atoms with Crippen LogP contribution < -0.4 is 5.32 Å². The summed E-state index contributed by atoms with van der Waals surface area (Å²) in [4.78, 5) is 4.25. The van der Waals surface area contributed by atoms with Gasteiger partial charge in [-0.2, -0.15) is 0 Å². The van der Waals surface area contributed by atoms with Crippen molar-refractivity contribution < 1.29 is 4.74 Å². The molecule has 0 fully saturated rings. The van der Waals surface area contributed by atoms with Crippen molar-refractivity contribution in [2.24, 2.45) is 0 Å². The lowest BCUT2D eigenvalue weighted by molar-refractivity contribution is 0.0796. The van der Waals surface area contributed by atoms with E-state index in [2.05, 4.69) is 22.6 Å². The number of aromatic nitrogens is 1. The van der Waals surface area contributed by atoms with Gasteiger partial charge < -0.3 is 10.1 Å². The van der Waals surface area contributed by atoms with Gasteiger partial charge in [0.2, 0.25) is 0 Å². The number of rotatable bonds is 6. The number of hydrogen-bond donors (Lipinski definition) is 1. The van der Waals surface area contributed by atoms with Gasteiger partial charge in [0.05, 0.1) is 23.9 Å². The Balaban J connectivity index is 2.13. The highest BCUT2D eigenvalue weighted by atomic mass is 32.1. The molecule has 1 aromatic heterocycles. The van der Waals surface area contributed by atoms with E-state index in [1.807, 2.05) is 19.4 Å². The molecule has 0 bridgehead atoms. The van der Waals surface area contributed by atoms with Gasteiger partial charge in [-0.25, -0.2) is 4.98 Å². The Morgan fingerprint density at radius 1 is 1.50 bits per heavy atom. The predicted octanol–water partition coefficient (Wildman–Crippen LogP) is 2.22. The molecule has 1 heterocycles. The normalized spacial score (nSPS) is 13.4. The van der Waals surface area contributed by atoms with Crippen LogP contribution in [0.1, 0.15) is 32.5 Å². The second kappa shape index (κ2) is 6.11. The van der Waals surface area contributed by atoms with Crippen molar-refractivity contribution in [1.82, 2.24) is 10.3 Å². The summed E-state index contributed by atoms with van der Waals surface area (Å²) in [6.45, 7) is 7.83. The third-order valence-electron chi connectivity index (χ3n) is 1.90. The first-order chi connectivity index (χ1) is 6.70.